The van der Waals surface area contributed by atoms with Crippen LogP contribution in [0.1, 0.15) is 41.6 Å². The Morgan fingerprint density at radius 2 is 2.00 bits per heavy atom. The second-order valence-electron chi connectivity index (χ2n) is 6.06. The number of ether oxygens (including phenoxy) is 1. The molecule has 1 heterocycles. The maximum absolute atomic E-state index is 12.2. The van der Waals surface area contributed by atoms with Crippen LogP contribution in [0.15, 0.2) is 34.1 Å². The topological polar surface area (TPSA) is 26.3 Å². The minimum absolute atomic E-state index is 0.00249. The van der Waals surface area contributed by atoms with Crippen molar-refractivity contribution >= 4 is 33.0 Å². The highest BCUT2D eigenvalue weighted by molar-refractivity contribution is 9.10. The molecule has 21 heavy (non-hydrogen) atoms. The van der Waals surface area contributed by atoms with Gasteiger partial charge in [-0.25, -0.2) is 0 Å². The molecule has 1 aromatic heterocycles. The van der Waals surface area contributed by atoms with Gasteiger partial charge in [0.25, 0.3) is 0 Å². The fourth-order valence-corrected chi connectivity index (χ4v) is 3.58. The minimum Gasteiger partial charge on any atom is -0.485 e. The first-order chi connectivity index (χ1) is 9.79. The Morgan fingerprint density at radius 1 is 1.29 bits per heavy atom. The number of rotatable bonds is 4. The zero-order chi connectivity index (χ0) is 15.6. The molecule has 0 atom stereocenters. The second kappa shape index (κ2) is 6.32. The van der Waals surface area contributed by atoms with E-state index in [1.807, 2.05) is 23.6 Å². The van der Waals surface area contributed by atoms with Gasteiger partial charge in [0.1, 0.15) is 5.75 Å². The number of ketones is 1. The zero-order valence-corrected chi connectivity index (χ0v) is 15.1. The molecular weight excluding hydrogens is 348 g/mol. The number of hydrogen-bond acceptors (Lipinski definition) is 3. The summed E-state index contributed by atoms with van der Waals surface area (Å²) >= 11 is 4.81. The van der Waals surface area contributed by atoms with Crippen molar-refractivity contribution < 1.29 is 9.53 Å². The molecular formula is C17H19BrO2S. The first-order valence-electron chi connectivity index (χ1n) is 6.79. The number of thiophene rings is 1. The van der Waals surface area contributed by atoms with Crippen molar-refractivity contribution in [2.75, 3.05) is 6.61 Å². The minimum atomic E-state index is -0.0199. The van der Waals surface area contributed by atoms with Gasteiger partial charge in [0.05, 0.1) is 4.88 Å². The molecule has 0 amide bonds. The number of carbonyl (C=O) groups is 1. The molecule has 2 rings (SSSR count). The van der Waals surface area contributed by atoms with Crippen LogP contribution in [-0.4, -0.2) is 12.4 Å². The van der Waals surface area contributed by atoms with Crippen LogP contribution in [0, 0.1) is 6.92 Å². The van der Waals surface area contributed by atoms with E-state index < -0.39 is 0 Å². The summed E-state index contributed by atoms with van der Waals surface area (Å²) in [7, 11) is 0. The number of carbonyl (C=O) groups excluding carboxylic acids is 1. The molecule has 0 aliphatic heterocycles. The van der Waals surface area contributed by atoms with Crippen molar-refractivity contribution in [3.63, 3.8) is 0 Å². The summed E-state index contributed by atoms with van der Waals surface area (Å²) in [5.41, 5.74) is 2.30. The van der Waals surface area contributed by atoms with Gasteiger partial charge in [0.2, 0.25) is 5.78 Å². The highest BCUT2D eigenvalue weighted by Gasteiger charge is 2.20. The van der Waals surface area contributed by atoms with Crippen molar-refractivity contribution in [3.8, 4) is 5.75 Å². The Labute approximate surface area is 138 Å². The third-order valence-electron chi connectivity index (χ3n) is 3.17. The summed E-state index contributed by atoms with van der Waals surface area (Å²) in [6.07, 6.45) is 0. The third-order valence-corrected chi connectivity index (χ3v) is 5.05. The van der Waals surface area contributed by atoms with E-state index in [-0.39, 0.29) is 17.8 Å². The monoisotopic (exact) mass is 366 g/mol. The number of benzene rings is 1. The molecule has 0 bridgehead atoms. The lowest BCUT2D eigenvalue weighted by atomic mass is 9.85. The van der Waals surface area contributed by atoms with Crippen molar-refractivity contribution in [1.29, 1.82) is 0 Å². The van der Waals surface area contributed by atoms with Gasteiger partial charge in [-0.15, -0.1) is 11.3 Å². The Balaban J connectivity index is 2.17. The first-order valence-corrected chi connectivity index (χ1v) is 8.46. The third kappa shape index (κ3) is 3.95. The van der Waals surface area contributed by atoms with Crippen molar-refractivity contribution in [3.05, 3.63) is 50.1 Å². The van der Waals surface area contributed by atoms with Gasteiger partial charge in [0.15, 0.2) is 6.61 Å². The lowest BCUT2D eigenvalue weighted by molar-refractivity contribution is 0.0923. The predicted octanol–water partition coefficient (Wildman–Crippen LogP) is 5.38. The van der Waals surface area contributed by atoms with E-state index in [4.69, 9.17) is 4.74 Å². The smallest absolute Gasteiger partial charge is 0.211 e. The molecule has 0 N–H and O–H groups in total. The van der Waals surface area contributed by atoms with E-state index in [0.29, 0.717) is 4.88 Å². The van der Waals surface area contributed by atoms with E-state index in [1.165, 1.54) is 16.9 Å². The Morgan fingerprint density at radius 3 is 2.57 bits per heavy atom. The maximum Gasteiger partial charge on any atom is 0.211 e. The molecule has 4 heteroatoms. The van der Waals surface area contributed by atoms with Gasteiger partial charge in [-0.3, -0.25) is 4.79 Å². The van der Waals surface area contributed by atoms with E-state index in [0.717, 1.165) is 15.8 Å². The molecule has 2 nitrogen and oxygen atoms in total. The summed E-state index contributed by atoms with van der Waals surface area (Å²) in [5, 5.41) is 1.89. The van der Waals surface area contributed by atoms with Gasteiger partial charge in [-0.2, -0.15) is 0 Å². The molecule has 0 fully saturated rings. The van der Waals surface area contributed by atoms with Gasteiger partial charge in [0, 0.05) is 4.47 Å². The second-order valence-corrected chi connectivity index (χ2v) is 7.83. The van der Waals surface area contributed by atoms with Crippen LogP contribution in [0.3, 0.4) is 0 Å². The van der Waals surface area contributed by atoms with Gasteiger partial charge in [-0.05, 0) is 51.3 Å². The number of Topliss-reactive ketones (excluding diaryl/α,β-unsaturated/α-hetero) is 1. The first kappa shape index (κ1) is 16.2. The molecule has 0 saturated heterocycles. The van der Waals surface area contributed by atoms with Crippen molar-refractivity contribution in [1.82, 2.24) is 0 Å². The number of hydrogen-bond donors (Lipinski definition) is 0. The molecule has 0 spiro atoms. The summed E-state index contributed by atoms with van der Waals surface area (Å²) < 4.78 is 6.63. The summed E-state index contributed by atoms with van der Waals surface area (Å²) in [5.74, 6) is 0.784. The molecule has 0 aliphatic carbocycles. The lowest BCUT2D eigenvalue weighted by Crippen LogP contribution is -2.17. The van der Waals surface area contributed by atoms with Gasteiger partial charge in [-0.1, -0.05) is 38.5 Å². The molecule has 0 radical (unpaired) electrons. The van der Waals surface area contributed by atoms with Crippen LogP contribution in [0.2, 0.25) is 0 Å². The zero-order valence-electron chi connectivity index (χ0n) is 12.7. The Kier molecular flexibility index (Phi) is 4.89. The standard InChI is InChI=1S/C17H19BrO2S/c1-11-5-6-15(12(9-11)17(2,3)4)20-10-14(19)16-13(18)7-8-21-16/h5-9H,10H2,1-4H3. The van der Waals surface area contributed by atoms with Gasteiger partial charge < -0.3 is 4.74 Å². The molecule has 1 aromatic carbocycles. The molecule has 0 unspecified atom stereocenters. The van der Waals surface area contributed by atoms with Crippen LogP contribution in [0.5, 0.6) is 5.75 Å². The van der Waals surface area contributed by atoms with Crippen LogP contribution in [0.4, 0.5) is 0 Å². The van der Waals surface area contributed by atoms with E-state index >= 15 is 0 Å². The maximum atomic E-state index is 12.2. The van der Waals surface area contributed by atoms with Crippen LogP contribution in [0.25, 0.3) is 0 Å². The Hall–Kier alpha value is -1.13. The van der Waals surface area contributed by atoms with Crippen molar-refractivity contribution in [2.24, 2.45) is 0 Å². The lowest BCUT2D eigenvalue weighted by Gasteiger charge is -2.23. The van der Waals surface area contributed by atoms with Crippen LogP contribution >= 0.6 is 27.3 Å². The van der Waals surface area contributed by atoms with Gasteiger partial charge >= 0.3 is 0 Å². The molecule has 112 valence electrons. The summed E-state index contributed by atoms with van der Waals surface area (Å²) in [4.78, 5) is 12.9. The molecule has 2 aromatic rings. The van der Waals surface area contributed by atoms with E-state index in [1.54, 1.807) is 0 Å². The highest BCUT2D eigenvalue weighted by Crippen LogP contribution is 2.32. The highest BCUT2D eigenvalue weighted by atomic mass is 79.9. The number of halogens is 1. The fraction of sp³-hybridized carbons (Fsp3) is 0.353. The van der Waals surface area contributed by atoms with E-state index in [2.05, 4.69) is 49.7 Å². The largest absolute Gasteiger partial charge is 0.485 e. The quantitative estimate of drug-likeness (QED) is 0.679. The van der Waals surface area contributed by atoms with Crippen molar-refractivity contribution in [2.45, 2.75) is 33.1 Å². The fourth-order valence-electron chi connectivity index (χ4n) is 2.06. The number of aryl methyl sites for hydroxylation is 1. The average Bonchev–Trinajstić information content (AvgIpc) is 2.82. The predicted molar refractivity (Wildman–Crippen MR) is 91.7 cm³/mol. The summed E-state index contributed by atoms with van der Waals surface area (Å²) in [6.45, 7) is 8.56. The summed E-state index contributed by atoms with van der Waals surface area (Å²) in [6, 6.07) is 7.97. The Bertz CT molecular complexity index is 653. The normalized spacial score (nSPS) is 11.5. The van der Waals surface area contributed by atoms with Crippen LogP contribution in [-0.2, 0) is 5.41 Å². The van der Waals surface area contributed by atoms with E-state index in [9.17, 15) is 4.79 Å². The average molecular weight is 367 g/mol. The van der Waals surface area contributed by atoms with Crippen LogP contribution < -0.4 is 4.74 Å². The SMILES string of the molecule is Cc1ccc(OCC(=O)c2sccc2Br)c(C(C)(C)C)c1. The molecule has 0 saturated carbocycles. The molecule has 0 aliphatic rings.